The Labute approximate surface area is 226 Å². The van der Waals surface area contributed by atoms with E-state index >= 15 is 0 Å². The zero-order valence-corrected chi connectivity index (χ0v) is 21.5. The topological polar surface area (TPSA) is 162 Å². The first-order valence-corrected chi connectivity index (χ1v) is 11.9. The van der Waals surface area contributed by atoms with Crippen LogP contribution < -0.4 is 16.8 Å². The average Bonchev–Trinajstić information content (AvgIpc) is 3.23. The van der Waals surface area contributed by atoms with E-state index in [-0.39, 0.29) is 28.7 Å². The van der Waals surface area contributed by atoms with Crippen molar-refractivity contribution in [2.45, 2.75) is 19.6 Å². The number of carbonyl (C=O) groups excluding carboxylic acids is 2. The molecule has 0 aliphatic rings. The number of nitrogens with zero attached hydrogens (tertiary/aromatic N) is 4. The molecule has 2 aromatic carbocycles. The number of carbonyl (C=O) groups is 2. The minimum Gasteiger partial charge on any atom is -0.383 e. The van der Waals surface area contributed by atoms with Crippen LogP contribution in [0.25, 0.3) is 22.0 Å². The Kier molecular flexibility index (Phi) is 7.74. The molecule has 0 aliphatic carbocycles. The van der Waals surface area contributed by atoms with Gasteiger partial charge in [0, 0.05) is 41.5 Å². The Morgan fingerprint density at radius 1 is 1.10 bits per heavy atom. The Morgan fingerprint density at radius 2 is 1.80 bits per heavy atom. The number of aromatic nitrogens is 3. The molecular formula is C27H24F3N7O3. The van der Waals surface area contributed by atoms with Crippen LogP contribution in [0.2, 0.25) is 0 Å². The molecule has 4 aromatic rings. The number of primary amides is 2. The Hall–Kier alpha value is -4.96. The molecule has 2 amide bonds. The van der Waals surface area contributed by atoms with E-state index in [0.29, 0.717) is 30.0 Å². The zero-order chi connectivity index (χ0) is 29.2. The molecule has 0 unspecified atom stereocenters. The largest absolute Gasteiger partial charge is 0.435 e. The molecule has 4 rings (SSSR count). The highest BCUT2D eigenvalue weighted by Gasteiger charge is 2.41. The highest BCUT2D eigenvalue weighted by atomic mass is 19.4. The average molecular weight is 552 g/mol. The van der Waals surface area contributed by atoms with Crippen molar-refractivity contribution in [1.82, 2.24) is 14.8 Å². The van der Waals surface area contributed by atoms with Crippen molar-refractivity contribution < 1.29 is 27.5 Å². The molecule has 0 radical (unpaired) electrons. The van der Waals surface area contributed by atoms with Gasteiger partial charge in [-0.3, -0.25) is 14.3 Å². The second-order valence-electron chi connectivity index (χ2n) is 8.86. The molecule has 2 heterocycles. The number of amides is 2. The fourth-order valence-corrected chi connectivity index (χ4v) is 4.40. The van der Waals surface area contributed by atoms with Gasteiger partial charge in [0.2, 0.25) is 5.91 Å². The lowest BCUT2D eigenvalue weighted by atomic mass is 9.91. The van der Waals surface area contributed by atoms with Gasteiger partial charge in [0.15, 0.2) is 5.69 Å². The maximum atomic E-state index is 14.4. The van der Waals surface area contributed by atoms with Crippen molar-refractivity contribution in [1.29, 1.82) is 5.26 Å². The van der Waals surface area contributed by atoms with Crippen LogP contribution in [0.15, 0.2) is 42.5 Å². The summed E-state index contributed by atoms with van der Waals surface area (Å²) in [5, 5.41) is 16.0. The summed E-state index contributed by atoms with van der Waals surface area (Å²) in [5.74, 6) is -2.22. The first-order valence-electron chi connectivity index (χ1n) is 11.9. The van der Waals surface area contributed by atoms with Gasteiger partial charge in [-0.25, -0.2) is 4.98 Å². The second-order valence-corrected chi connectivity index (χ2v) is 8.86. The molecule has 0 atom stereocenters. The fraction of sp³-hybridized carbons (Fsp3) is 0.222. The van der Waals surface area contributed by atoms with Crippen molar-refractivity contribution in [3.05, 3.63) is 76.2 Å². The third kappa shape index (κ3) is 5.43. The van der Waals surface area contributed by atoms with Crippen LogP contribution >= 0.6 is 0 Å². The number of halogens is 3. The lowest BCUT2D eigenvalue weighted by molar-refractivity contribution is -0.141. The van der Waals surface area contributed by atoms with Gasteiger partial charge >= 0.3 is 6.18 Å². The third-order valence-corrected chi connectivity index (χ3v) is 6.24. The number of hydrogen-bond acceptors (Lipinski definition) is 7. The van der Waals surface area contributed by atoms with Gasteiger partial charge in [-0.1, -0.05) is 12.1 Å². The number of nitrogens with two attached hydrogens (primary N) is 2. The van der Waals surface area contributed by atoms with Gasteiger partial charge in [-0.15, -0.1) is 0 Å². The molecule has 0 saturated heterocycles. The summed E-state index contributed by atoms with van der Waals surface area (Å²) in [6.07, 6.45) is -4.97. The molecule has 0 aliphatic heterocycles. The lowest BCUT2D eigenvalue weighted by Gasteiger charge is -2.17. The smallest absolute Gasteiger partial charge is 0.383 e. The number of pyridine rings is 1. The van der Waals surface area contributed by atoms with Gasteiger partial charge < -0.3 is 21.5 Å². The number of anilines is 1. The summed E-state index contributed by atoms with van der Waals surface area (Å²) >= 11 is 0. The summed E-state index contributed by atoms with van der Waals surface area (Å²) in [4.78, 5) is 29.6. The number of alkyl halides is 3. The van der Waals surface area contributed by atoms with Crippen LogP contribution in [-0.4, -0.2) is 46.8 Å². The molecule has 13 heteroatoms. The predicted octanol–water partition coefficient (Wildman–Crippen LogP) is 3.60. The van der Waals surface area contributed by atoms with Crippen molar-refractivity contribution >= 4 is 28.4 Å². The predicted molar refractivity (Wildman–Crippen MR) is 140 cm³/mol. The first kappa shape index (κ1) is 28.1. The Morgan fingerprint density at radius 3 is 2.38 bits per heavy atom. The molecule has 2 aromatic heterocycles. The van der Waals surface area contributed by atoms with Crippen LogP contribution in [0.4, 0.5) is 18.9 Å². The maximum absolute atomic E-state index is 14.4. The van der Waals surface area contributed by atoms with Crippen molar-refractivity contribution in [3.63, 3.8) is 0 Å². The standard InChI is InChI=1S/C27H24F3N7O3/c1-14-20(24(27(28,29)30)36-37(14)13-16-5-3-15(12-31)4-6-16)22-21(25(32)38)18-11-17(34-9-10-40-2)7-8-19(18)35-23(22)26(33)39/h3-8,11,34H,9-10,13H2,1-2H3,(H2,32,38)(H2,33,39). The summed E-state index contributed by atoms with van der Waals surface area (Å²) in [5.41, 5.74) is 9.71. The monoisotopic (exact) mass is 551 g/mol. The van der Waals surface area contributed by atoms with Gasteiger partial charge in [-0.05, 0) is 42.8 Å². The number of hydrogen-bond donors (Lipinski definition) is 3. The van der Waals surface area contributed by atoms with Gasteiger partial charge in [-0.2, -0.15) is 23.5 Å². The van der Waals surface area contributed by atoms with Crippen LogP contribution in [-0.2, 0) is 17.5 Å². The van der Waals surface area contributed by atoms with Gasteiger partial charge in [0.1, 0.15) is 5.69 Å². The summed E-state index contributed by atoms with van der Waals surface area (Å²) in [6, 6.07) is 12.8. The van der Waals surface area contributed by atoms with Crippen LogP contribution in [0.5, 0.6) is 0 Å². The van der Waals surface area contributed by atoms with E-state index in [9.17, 15) is 22.8 Å². The van der Waals surface area contributed by atoms with Crippen molar-refractivity contribution in [2.75, 3.05) is 25.6 Å². The summed E-state index contributed by atoms with van der Waals surface area (Å²) in [7, 11) is 1.52. The van der Waals surface area contributed by atoms with Crippen molar-refractivity contribution in [3.8, 4) is 17.2 Å². The second kappa shape index (κ2) is 11.0. The van der Waals surface area contributed by atoms with Crippen LogP contribution in [0.1, 0.15) is 43.4 Å². The molecule has 40 heavy (non-hydrogen) atoms. The quantitative estimate of drug-likeness (QED) is 0.268. The highest BCUT2D eigenvalue weighted by Crippen LogP contribution is 2.42. The van der Waals surface area contributed by atoms with E-state index in [1.165, 1.54) is 38.3 Å². The molecule has 5 N–H and O–H groups in total. The Balaban J connectivity index is 2.01. The molecule has 10 nitrogen and oxygen atoms in total. The van der Waals surface area contributed by atoms with Gasteiger partial charge in [0.05, 0.1) is 35.9 Å². The highest BCUT2D eigenvalue weighted by molar-refractivity contribution is 6.16. The van der Waals surface area contributed by atoms with Crippen LogP contribution in [0.3, 0.4) is 0 Å². The number of nitrogens with one attached hydrogen (secondary N) is 1. The lowest BCUT2D eigenvalue weighted by Crippen LogP contribution is -2.21. The number of rotatable bonds is 9. The van der Waals surface area contributed by atoms with E-state index in [1.54, 1.807) is 18.2 Å². The molecular weight excluding hydrogens is 527 g/mol. The van der Waals surface area contributed by atoms with Gasteiger partial charge in [0.25, 0.3) is 5.91 Å². The van der Waals surface area contributed by atoms with E-state index in [0.717, 1.165) is 4.68 Å². The van der Waals surface area contributed by atoms with Crippen molar-refractivity contribution in [2.24, 2.45) is 11.5 Å². The normalized spacial score (nSPS) is 11.4. The number of methoxy groups -OCH3 is 1. The maximum Gasteiger partial charge on any atom is 0.435 e. The Bertz CT molecular complexity index is 1660. The molecule has 206 valence electrons. The van der Waals surface area contributed by atoms with Crippen LogP contribution in [0, 0.1) is 18.3 Å². The number of benzene rings is 2. The number of ether oxygens (including phenoxy) is 1. The number of nitriles is 1. The zero-order valence-electron chi connectivity index (χ0n) is 21.5. The minimum atomic E-state index is -4.97. The summed E-state index contributed by atoms with van der Waals surface area (Å²) in [6.45, 7) is 2.07. The molecule has 0 fully saturated rings. The molecule has 0 spiro atoms. The SMILES string of the molecule is COCCNc1ccc2nc(C(N)=O)c(-c3c(C(F)(F)F)nn(Cc4ccc(C#N)cc4)c3C)c(C(N)=O)c2c1. The fourth-order valence-electron chi connectivity index (χ4n) is 4.40. The third-order valence-electron chi connectivity index (χ3n) is 6.24. The summed E-state index contributed by atoms with van der Waals surface area (Å²) < 4.78 is 49.3. The number of fused-ring (bicyclic) bond motifs is 1. The van der Waals surface area contributed by atoms with E-state index < -0.39 is 40.5 Å². The molecule has 0 bridgehead atoms. The first-order chi connectivity index (χ1) is 19.0. The van der Waals surface area contributed by atoms with E-state index in [1.807, 2.05) is 6.07 Å². The minimum absolute atomic E-state index is 0.00258. The molecule has 0 saturated carbocycles. The van der Waals surface area contributed by atoms with E-state index in [2.05, 4.69) is 15.4 Å². The van der Waals surface area contributed by atoms with E-state index in [4.69, 9.17) is 21.5 Å².